The van der Waals surface area contributed by atoms with Gasteiger partial charge in [0.1, 0.15) is 18.2 Å². The summed E-state index contributed by atoms with van der Waals surface area (Å²) in [6.45, 7) is 8.17. The van der Waals surface area contributed by atoms with Crippen LogP contribution in [0.3, 0.4) is 0 Å². The molecule has 0 amide bonds. The summed E-state index contributed by atoms with van der Waals surface area (Å²) >= 11 is 3.11. The summed E-state index contributed by atoms with van der Waals surface area (Å²) in [6, 6.07) is 6.27. The molecule has 2 heterocycles. The Morgan fingerprint density at radius 2 is 1.43 bits per heavy atom. The molecule has 0 aromatic heterocycles. The van der Waals surface area contributed by atoms with Crippen LogP contribution in [0.4, 0.5) is 17.6 Å². The number of nitrogens with zero attached hydrogens (tertiary/aromatic N) is 1. The highest BCUT2D eigenvalue weighted by Gasteiger charge is 2.28. The van der Waals surface area contributed by atoms with E-state index in [0.29, 0.717) is 25.0 Å². The summed E-state index contributed by atoms with van der Waals surface area (Å²) in [6.07, 6.45) is 3.78. The Kier molecular flexibility index (Phi) is 16.4. The summed E-state index contributed by atoms with van der Waals surface area (Å²) < 4.78 is 61.7. The summed E-state index contributed by atoms with van der Waals surface area (Å²) in [5.74, 6) is -2.24. The number of aliphatic hydroxyl groups is 2. The second kappa shape index (κ2) is 18.0. The molecular formula is C28H40BrClF4N2O4. The van der Waals surface area contributed by atoms with Gasteiger partial charge in [0, 0.05) is 37.1 Å². The summed E-state index contributed by atoms with van der Waals surface area (Å²) in [5, 5.41) is 23.0. The number of rotatable bonds is 7. The number of β-amino-alcohol motifs (C(OH)–C–C–N with tert-alkyl or cyclic N) is 2. The zero-order chi connectivity index (χ0) is 28.9. The lowest BCUT2D eigenvalue weighted by atomic mass is 9.95. The summed E-state index contributed by atoms with van der Waals surface area (Å²) in [5.41, 5.74) is -1.10. The SMILES string of the molecule is CC1(O)CCCN(CCOc2cc(F)ccc2F)C1.CC1(O)CCCNC1.Cl.Fc1ccc(F)c(OCCBr)c1. The third kappa shape index (κ3) is 14.3. The third-order valence-electron chi connectivity index (χ3n) is 6.11. The number of nitrogens with one attached hydrogen (secondary N) is 1. The van der Waals surface area contributed by atoms with Gasteiger partial charge in [0.05, 0.1) is 17.8 Å². The highest BCUT2D eigenvalue weighted by molar-refractivity contribution is 9.09. The van der Waals surface area contributed by atoms with Crippen LogP contribution in [0.5, 0.6) is 11.5 Å². The number of hydrogen-bond acceptors (Lipinski definition) is 6. The monoisotopic (exact) mass is 658 g/mol. The maximum Gasteiger partial charge on any atom is 0.165 e. The molecule has 2 fully saturated rings. The lowest BCUT2D eigenvalue weighted by Gasteiger charge is -2.36. The molecule has 3 N–H and O–H groups in total. The highest BCUT2D eigenvalue weighted by atomic mass is 79.9. The standard InChI is InChI=1S/C14H19F2NO2.C8H7BrF2O.C6H13NO.ClH/c1-14(18)5-2-6-17(10-14)7-8-19-13-9-11(15)3-4-12(13)16;9-3-4-12-8-5-6(10)1-2-7(8)11;1-6(8)3-2-4-7-5-6;/h3-4,9,18H,2,5-8,10H2,1H3;1-2,5H,3-4H2;7-8H,2-5H2,1H3;1H. The van der Waals surface area contributed by atoms with Gasteiger partial charge in [-0.2, -0.15) is 0 Å². The molecule has 2 aliphatic rings. The average molecular weight is 660 g/mol. The molecule has 2 atom stereocenters. The molecule has 6 nitrogen and oxygen atoms in total. The Hall–Kier alpha value is -1.63. The fraction of sp³-hybridized carbons (Fsp3) is 0.571. The van der Waals surface area contributed by atoms with Crippen molar-refractivity contribution in [1.29, 1.82) is 0 Å². The molecule has 2 aliphatic heterocycles. The second-order valence-corrected chi connectivity index (χ2v) is 11.0. The molecule has 12 heteroatoms. The van der Waals surface area contributed by atoms with Gasteiger partial charge in [-0.3, -0.25) is 4.90 Å². The van der Waals surface area contributed by atoms with E-state index in [0.717, 1.165) is 81.7 Å². The zero-order valence-corrected chi connectivity index (χ0v) is 25.3. The minimum atomic E-state index is -0.664. The molecule has 2 aromatic carbocycles. The van der Waals surface area contributed by atoms with Gasteiger partial charge in [-0.05, 0) is 76.9 Å². The van der Waals surface area contributed by atoms with E-state index in [1.165, 1.54) is 0 Å². The first-order valence-corrected chi connectivity index (χ1v) is 14.1. The first kappa shape index (κ1) is 36.4. The Labute approximate surface area is 248 Å². The van der Waals surface area contributed by atoms with Crippen molar-refractivity contribution in [3.05, 3.63) is 59.7 Å². The largest absolute Gasteiger partial charge is 0.490 e. The van der Waals surface area contributed by atoms with Gasteiger partial charge in [-0.1, -0.05) is 15.9 Å². The predicted molar refractivity (Wildman–Crippen MR) is 154 cm³/mol. The van der Waals surface area contributed by atoms with Gasteiger partial charge in [-0.15, -0.1) is 12.4 Å². The normalized spacial score (nSPS) is 22.5. The van der Waals surface area contributed by atoms with Crippen molar-refractivity contribution in [2.75, 3.05) is 51.3 Å². The van der Waals surface area contributed by atoms with Crippen LogP contribution in [0.1, 0.15) is 39.5 Å². The smallest absolute Gasteiger partial charge is 0.165 e. The maximum absolute atomic E-state index is 13.3. The van der Waals surface area contributed by atoms with Gasteiger partial charge < -0.3 is 25.0 Å². The summed E-state index contributed by atoms with van der Waals surface area (Å²) in [4.78, 5) is 2.07. The van der Waals surface area contributed by atoms with Crippen LogP contribution in [0.25, 0.3) is 0 Å². The van der Waals surface area contributed by atoms with Gasteiger partial charge in [0.25, 0.3) is 0 Å². The quantitative estimate of drug-likeness (QED) is 0.271. The topological polar surface area (TPSA) is 74.2 Å². The molecule has 0 aliphatic carbocycles. The number of alkyl halides is 1. The first-order valence-electron chi connectivity index (χ1n) is 13.0. The zero-order valence-electron chi connectivity index (χ0n) is 22.9. The van der Waals surface area contributed by atoms with E-state index in [1.807, 2.05) is 13.8 Å². The molecule has 2 saturated heterocycles. The van der Waals surface area contributed by atoms with Crippen LogP contribution in [-0.4, -0.2) is 77.6 Å². The molecule has 2 aromatic rings. The first-order chi connectivity index (χ1) is 18.4. The van der Waals surface area contributed by atoms with Gasteiger partial charge in [0.15, 0.2) is 23.1 Å². The molecule has 0 saturated carbocycles. The van der Waals surface area contributed by atoms with Crippen LogP contribution in [0.15, 0.2) is 36.4 Å². The predicted octanol–water partition coefficient (Wildman–Crippen LogP) is 5.47. The molecule has 0 spiro atoms. The van der Waals surface area contributed by atoms with E-state index in [9.17, 15) is 27.8 Å². The third-order valence-corrected chi connectivity index (χ3v) is 6.44. The number of piperidine rings is 2. The van der Waals surface area contributed by atoms with Gasteiger partial charge in [-0.25, -0.2) is 17.6 Å². The van der Waals surface area contributed by atoms with Crippen molar-refractivity contribution in [2.24, 2.45) is 0 Å². The van der Waals surface area contributed by atoms with E-state index < -0.39 is 34.5 Å². The van der Waals surface area contributed by atoms with Crippen molar-refractivity contribution >= 4 is 28.3 Å². The second-order valence-electron chi connectivity index (χ2n) is 10.2. The van der Waals surface area contributed by atoms with Crippen LogP contribution in [-0.2, 0) is 0 Å². The fourth-order valence-corrected chi connectivity index (χ4v) is 4.33. The van der Waals surface area contributed by atoms with Crippen molar-refractivity contribution in [3.8, 4) is 11.5 Å². The van der Waals surface area contributed by atoms with E-state index in [4.69, 9.17) is 9.47 Å². The Morgan fingerprint density at radius 1 is 0.875 bits per heavy atom. The Morgan fingerprint density at radius 3 is 1.88 bits per heavy atom. The Balaban J connectivity index is 0.000000326. The minimum Gasteiger partial charge on any atom is -0.490 e. The average Bonchev–Trinajstić information content (AvgIpc) is 2.87. The van der Waals surface area contributed by atoms with Crippen LogP contribution in [0.2, 0.25) is 0 Å². The van der Waals surface area contributed by atoms with E-state index in [2.05, 4.69) is 26.1 Å². The number of hydrogen-bond donors (Lipinski definition) is 3. The number of ether oxygens (including phenoxy) is 2. The fourth-order valence-electron chi connectivity index (χ4n) is 4.16. The molecular weight excluding hydrogens is 620 g/mol. The van der Waals surface area contributed by atoms with Crippen molar-refractivity contribution in [3.63, 3.8) is 0 Å². The maximum atomic E-state index is 13.3. The van der Waals surface area contributed by atoms with Crippen LogP contribution in [0, 0.1) is 23.3 Å². The van der Waals surface area contributed by atoms with Gasteiger partial charge >= 0.3 is 0 Å². The highest BCUT2D eigenvalue weighted by Crippen LogP contribution is 2.21. The lowest BCUT2D eigenvalue weighted by Crippen LogP contribution is -2.47. The van der Waals surface area contributed by atoms with Crippen molar-refractivity contribution in [1.82, 2.24) is 10.2 Å². The number of likely N-dealkylation sites (tertiary alicyclic amines) is 1. The molecule has 228 valence electrons. The van der Waals surface area contributed by atoms with Crippen molar-refractivity contribution in [2.45, 2.75) is 50.7 Å². The minimum absolute atomic E-state index is 0. The van der Waals surface area contributed by atoms with Crippen LogP contribution >= 0.6 is 28.3 Å². The molecule has 0 radical (unpaired) electrons. The molecule has 4 rings (SSSR count). The van der Waals surface area contributed by atoms with E-state index >= 15 is 0 Å². The Bertz CT molecular complexity index is 1010. The van der Waals surface area contributed by atoms with Crippen molar-refractivity contribution < 1.29 is 37.2 Å². The van der Waals surface area contributed by atoms with Crippen LogP contribution < -0.4 is 14.8 Å². The van der Waals surface area contributed by atoms with E-state index in [1.54, 1.807) is 0 Å². The molecule has 2 unspecified atom stereocenters. The van der Waals surface area contributed by atoms with E-state index in [-0.39, 0.29) is 30.5 Å². The number of halogens is 6. The lowest BCUT2D eigenvalue weighted by molar-refractivity contribution is -0.0184. The van der Waals surface area contributed by atoms with Gasteiger partial charge in [0.2, 0.25) is 0 Å². The number of benzene rings is 2. The molecule has 0 bridgehead atoms. The molecule has 40 heavy (non-hydrogen) atoms. The summed E-state index contributed by atoms with van der Waals surface area (Å²) in [7, 11) is 0.